The van der Waals surface area contributed by atoms with Crippen LogP contribution in [0.1, 0.15) is 42.3 Å². The molecule has 82 valence electrons. The van der Waals surface area contributed by atoms with Crippen LogP contribution in [-0.2, 0) is 0 Å². The molecule has 0 heterocycles. The Bertz CT molecular complexity index is 349. The van der Waals surface area contributed by atoms with Crippen LogP contribution in [0.4, 0.5) is 0 Å². The van der Waals surface area contributed by atoms with E-state index in [1.54, 1.807) is 0 Å². The highest BCUT2D eigenvalue weighted by molar-refractivity contribution is 9.10. The molecule has 15 heavy (non-hydrogen) atoms. The molecule has 1 aromatic rings. The Balaban J connectivity index is 2.16. The van der Waals surface area contributed by atoms with Crippen LogP contribution in [0.15, 0.2) is 22.7 Å². The summed E-state index contributed by atoms with van der Waals surface area (Å²) in [7, 11) is 0. The molecule has 1 aliphatic rings. The second-order valence-electron chi connectivity index (χ2n) is 4.17. The van der Waals surface area contributed by atoms with Gasteiger partial charge in [0.05, 0.1) is 0 Å². The minimum Gasteiger partial charge on any atom is -0.396 e. The highest BCUT2D eigenvalue weighted by Crippen LogP contribution is 2.43. The summed E-state index contributed by atoms with van der Waals surface area (Å²) in [5.41, 5.74) is 8.43. The molecule has 0 aliphatic heterocycles. The molecule has 3 heteroatoms. The van der Waals surface area contributed by atoms with E-state index in [2.05, 4.69) is 34.1 Å². The van der Waals surface area contributed by atoms with Gasteiger partial charge in [0.25, 0.3) is 0 Å². The van der Waals surface area contributed by atoms with Gasteiger partial charge < -0.3 is 10.8 Å². The zero-order valence-corrected chi connectivity index (χ0v) is 10.2. The monoisotopic (exact) mass is 269 g/mol. The largest absolute Gasteiger partial charge is 0.396 e. The number of halogens is 1. The van der Waals surface area contributed by atoms with Crippen LogP contribution in [0.25, 0.3) is 0 Å². The third-order valence-electron chi connectivity index (χ3n) is 2.91. The fourth-order valence-electron chi connectivity index (χ4n) is 1.81. The van der Waals surface area contributed by atoms with Crippen molar-refractivity contribution in [1.82, 2.24) is 0 Å². The Labute approximate surface area is 98.6 Å². The summed E-state index contributed by atoms with van der Waals surface area (Å²) < 4.78 is 1.16. The topological polar surface area (TPSA) is 46.2 Å². The van der Waals surface area contributed by atoms with E-state index in [1.807, 2.05) is 0 Å². The van der Waals surface area contributed by atoms with Gasteiger partial charge in [-0.1, -0.05) is 28.1 Å². The fraction of sp³-hybridized carbons (Fsp3) is 0.500. The zero-order chi connectivity index (χ0) is 10.8. The predicted octanol–water partition coefficient (Wildman–Crippen LogP) is 2.71. The van der Waals surface area contributed by atoms with Gasteiger partial charge in [0.15, 0.2) is 0 Å². The van der Waals surface area contributed by atoms with Crippen LogP contribution >= 0.6 is 15.9 Å². The standard InChI is InChI=1S/C12H16BrNO/c13-11-7-9(12(14)5-6-15)3-4-10(11)8-1-2-8/h3-4,7-8,12,15H,1-2,5-6,14H2. The maximum atomic E-state index is 8.83. The van der Waals surface area contributed by atoms with E-state index in [0.29, 0.717) is 6.42 Å². The molecule has 0 saturated heterocycles. The third-order valence-corrected chi connectivity index (χ3v) is 3.60. The van der Waals surface area contributed by atoms with E-state index >= 15 is 0 Å². The molecule has 0 amide bonds. The number of aliphatic hydroxyl groups is 1. The maximum absolute atomic E-state index is 8.83. The van der Waals surface area contributed by atoms with Crippen molar-refractivity contribution in [2.75, 3.05) is 6.61 Å². The molecule has 0 spiro atoms. The molecule has 0 radical (unpaired) electrons. The molecule has 1 unspecified atom stereocenters. The van der Waals surface area contributed by atoms with Crippen LogP contribution in [0.3, 0.4) is 0 Å². The molecule has 0 aromatic heterocycles. The lowest BCUT2D eigenvalue weighted by molar-refractivity contribution is 0.276. The molecular formula is C12H16BrNO. The summed E-state index contributed by atoms with van der Waals surface area (Å²) in [5.74, 6) is 0.752. The number of aliphatic hydroxyl groups excluding tert-OH is 1. The van der Waals surface area contributed by atoms with Crippen molar-refractivity contribution in [3.05, 3.63) is 33.8 Å². The average Bonchev–Trinajstić information content (AvgIpc) is 3.01. The first-order valence-electron chi connectivity index (χ1n) is 5.38. The van der Waals surface area contributed by atoms with E-state index in [0.717, 1.165) is 16.0 Å². The van der Waals surface area contributed by atoms with Gasteiger partial charge in [-0.2, -0.15) is 0 Å². The SMILES string of the molecule is NC(CCO)c1ccc(C2CC2)c(Br)c1. The first-order valence-corrected chi connectivity index (χ1v) is 6.17. The normalized spacial score (nSPS) is 17.8. The van der Waals surface area contributed by atoms with Gasteiger partial charge in [0, 0.05) is 17.1 Å². The lowest BCUT2D eigenvalue weighted by atomic mass is 10.0. The first-order chi connectivity index (χ1) is 7.22. The molecule has 1 saturated carbocycles. The Morgan fingerprint density at radius 1 is 1.47 bits per heavy atom. The van der Waals surface area contributed by atoms with Crippen molar-refractivity contribution in [2.45, 2.75) is 31.2 Å². The number of hydrogen-bond acceptors (Lipinski definition) is 2. The quantitative estimate of drug-likeness (QED) is 0.883. The van der Waals surface area contributed by atoms with Crippen molar-refractivity contribution in [3.63, 3.8) is 0 Å². The molecule has 1 fully saturated rings. The molecular weight excluding hydrogens is 254 g/mol. The van der Waals surface area contributed by atoms with E-state index < -0.39 is 0 Å². The van der Waals surface area contributed by atoms with Crippen molar-refractivity contribution < 1.29 is 5.11 Å². The summed E-state index contributed by atoms with van der Waals surface area (Å²) in [5, 5.41) is 8.83. The minimum atomic E-state index is -0.0560. The van der Waals surface area contributed by atoms with Gasteiger partial charge >= 0.3 is 0 Å². The summed E-state index contributed by atoms with van der Waals surface area (Å²) >= 11 is 3.59. The predicted molar refractivity (Wildman–Crippen MR) is 64.7 cm³/mol. The summed E-state index contributed by atoms with van der Waals surface area (Å²) in [6.07, 6.45) is 3.23. The van der Waals surface area contributed by atoms with Crippen molar-refractivity contribution in [3.8, 4) is 0 Å². The summed E-state index contributed by atoms with van der Waals surface area (Å²) in [4.78, 5) is 0. The lowest BCUT2D eigenvalue weighted by Gasteiger charge is -2.12. The number of rotatable bonds is 4. The number of hydrogen-bond donors (Lipinski definition) is 2. The Hall–Kier alpha value is -0.380. The zero-order valence-electron chi connectivity index (χ0n) is 8.62. The van der Waals surface area contributed by atoms with Crippen LogP contribution < -0.4 is 5.73 Å². The molecule has 1 aliphatic carbocycles. The van der Waals surface area contributed by atoms with Gasteiger partial charge in [-0.3, -0.25) is 0 Å². The minimum absolute atomic E-state index is 0.0560. The first kappa shape index (κ1) is 11.1. The van der Waals surface area contributed by atoms with E-state index in [4.69, 9.17) is 10.8 Å². The van der Waals surface area contributed by atoms with Gasteiger partial charge in [-0.05, 0) is 42.4 Å². The van der Waals surface area contributed by atoms with Crippen molar-refractivity contribution in [2.24, 2.45) is 5.73 Å². The molecule has 2 rings (SSSR count). The number of benzene rings is 1. The molecule has 1 atom stereocenters. The Morgan fingerprint density at radius 3 is 2.73 bits per heavy atom. The second-order valence-corrected chi connectivity index (χ2v) is 5.03. The Kier molecular flexibility index (Phi) is 3.44. The fourth-order valence-corrected chi connectivity index (χ4v) is 2.53. The van der Waals surface area contributed by atoms with Gasteiger partial charge in [0.1, 0.15) is 0 Å². The van der Waals surface area contributed by atoms with Gasteiger partial charge in [-0.15, -0.1) is 0 Å². The highest BCUT2D eigenvalue weighted by atomic mass is 79.9. The smallest absolute Gasteiger partial charge is 0.0449 e. The lowest BCUT2D eigenvalue weighted by Crippen LogP contribution is -2.11. The highest BCUT2D eigenvalue weighted by Gasteiger charge is 2.25. The molecule has 3 N–H and O–H groups in total. The van der Waals surface area contributed by atoms with Crippen LogP contribution in [0.5, 0.6) is 0 Å². The van der Waals surface area contributed by atoms with Crippen LogP contribution in [0.2, 0.25) is 0 Å². The molecule has 0 bridgehead atoms. The second kappa shape index (κ2) is 4.64. The summed E-state index contributed by atoms with van der Waals surface area (Å²) in [6.45, 7) is 0.142. The van der Waals surface area contributed by atoms with Crippen molar-refractivity contribution in [1.29, 1.82) is 0 Å². The average molecular weight is 270 g/mol. The molecule has 2 nitrogen and oxygen atoms in total. The van der Waals surface area contributed by atoms with Crippen LogP contribution in [-0.4, -0.2) is 11.7 Å². The van der Waals surface area contributed by atoms with Gasteiger partial charge in [-0.25, -0.2) is 0 Å². The summed E-state index contributed by atoms with van der Waals surface area (Å²) in [6, 6.07) is 6.28. The van der Waals surface area contributed by atoms with E-state index in [9.17, 15) is 0 Å². The number of nitrogens with two attached hydrogens (primary N) is 1. The van der Waals surface area contributed by atoms with E-state index in [-0.39, 0.29) is 12.6 Å². The maximum Gasteiger partial charge on any atom is 0.0449 e. The van der Waals surface area contributed by atoms with Crippen molar-refractivity contribution >= 4 is 15.9 Å². The van der Waals surface area contributed by atoms with Gasteiger partial charge in [0.2, 0.25) is 0 Å². The van der Waals surface area contributed by atoms with Crippen LogP contribution in [0, 0.1) is 0 Å². The van der Waals surface area contributed by atoms with E-state index in [1.165, 1.54) is 18.4 Å². The third kappa shape index (κ3) is 2.60. The molecule has 1 aromatic carbocycles. The Morgan fingerprint density at radius 2 is 2.20 bits per heavy atom.